The van der Waals surface area contributed by atoms with Crippen molar-refractivity contribution in [2.75, 3.05) is 13.7 Å². The van der Waals surface area contributed by atoms with Gasteiger partial charge in [0, 0.05) is 6.54 Å². The highest BCUT2D eigenvalue weighted by atomic mass is 32.2. The molecule has 0 aliphatic heterocycles. The first-order chi connectivity index (χ1) is 8.99. The van der Waals surface area contributed by atoms with Crippen molar-refractivity contribution in [3.05, 3.63) is 29.8 Å². The van der Waals surface area contributed by atoms with Crippen LogP contribution in [0.1, 0.15) is 12.0 Å². The Kier molecular flexibility index (Phi) is 5.46. The normalized spacial score (nSPS) is 11.6. The summed E-state index contributed by atoms with van der Waals surface area (Å²) in [6.45, 7) is -0.0329. The lowest BCUT2D eigenvalue weighted by atomic mass is 10.2. The number of oxime groups is 1. The van der Waals surface area contributed by atoms with E-state index in [0.29, 0.717) is 5.56 Å². The van der Waals surface area contributed by atoms with Gasteiger partial charge in [0.1, 0.15) is 0 Å². The molecule has 1 aromatic carbocycles. The molecule has 0 atom stereocenters. The molecule has 0 aliphatic carbocycles. The first-order valence-corrected chi connectivity index (χ1v) is 6.82. The summed E-state index contributed by atoms with van der Waals surface area (Å²) < 4.78 is 30.3. The van der Waals surface area contributed by atoms with Crippen LogP contribution in [-0.2, 0) is 19.6 Å². The van der Waals surface area contributed by atoms with Gasteiger partial charge in [0.05, 0.1) is 24.6 Å². The van der Waals surface area contributed by atoms with Gasteiger partial charge in [0.2, 0.25) is 10.0 Å². The highest BCUT2D eigenvalue weighted by Gasteiger charge is 2.13. The number of ether oxygens (including phenoxy) is 1. The average Bonchev–Trinajstić information content (AvgIpc) is 2.39. The number of carbonyl (C=O) groups excluding carboxylic acids is 1. The van der Waals surface area contributed by atoms with Gasteiger partial charge in [-0.15, -0.1) is 0 Å². The monoisotopic (exact) mass is 286 g/mol. The summed E-state index contributed by atoms with van der Waals surface area (Å²) >= 11 is 0. The Bertz CT molecular complexity index is 551. The summed E-state index contributed by atoms with van der Waals surface area (Å²) in [5, 5.41) is 11.2. The fourth-order valence-corrected chi connectivity index (χ4v) is 2.30. The second-order valence-electron chi connectivity index (χ2n) is 3.54. The van der Waals surface area contributed by atoms with Crippen molar-refractivity contribution in [1.29, 1.82) is 0 Å². The molecule has 0 spiro atoms. The number of rotatable bonds is 6. The second-order valence-corrected chi connectivity index (χ2v) is 5.30. The minimum Gasteiger partial charge on any atom is -0.469 e. The lowest BCUT2D eigenvalue weighted by molar-refractivity contribution is -0.140. The zero-order valence-corrected chi connectivity index (χ0v) is 11.1. The van der Waals surface area contributed by atoms with Crippen LogP contribution in [0.5, 0.6) is 0 Å². The summed E-state index contributed by atoms with van der Waals surface area (Å²) in [5.74, 6) is -0.489. The van der Waals surface area contributed by atoms with Crippen LogP contribution in [0.25, 0.3) is 0 Å². The molecule has 0 heterocycles. The summed E-state index contributed by atoms with van der Waals surface area (Å²) in [5.41, 5.74) is 0.566. The fraction of sp³-hybridized carbons (Fsp3) is 0.273. The Morgan fingerprint density at radius 1 is 1.42 bits per heavy atom. The molecule has 0 radical (unpaired) electrons. The van der Waals surface area contributed by atoms with Gasteiger partial charge >= 0.3 is 5.97 Å². The highest BCUT2D eigenvalue weighted by Crippen LogP contribution is 2.09. The molecule has 0 aromatic heterocycles. The molecule has 0 unspecified atom stereocenters. The number of methoxy groups -OCH3 is 1. The Balaban J connectivity index is 2.69. The van der Waals surface area contributed by atoms with Crippen LogP contribution in [-0.4, -0.2) is 39.5 Å². The van der Waals surface area contributed by atoms with Gasteiger partial charge in [-0.05, 0) is 17.7 Å². The van der Waals surface area contributed by atoms with E-state index in [-0.39, 0.29) is 17.9 Å². The molecule has 1 rings (SSSR count). The SMILES string of the molecule is COC(=O)CCNS(=O)(=O)c1ccc(/C=N\O)cc1. The Hall–Kier alpha value is -1.93. The molecule has 1 aromatic rings. The zero-order valence-electron chi connectivity index (χ0n) is 10.2. The number of sulfonamides is 1. The van der Waals surface area contributed by atoms with Crippen LogP contribution < -0.4 is 4.72 Å². The molecule has 7 nitrogen and oxygen atoms in total. The highest BCUT2D eigenvalue weighted by molar-refractivity contribution is 7.89. The predicted octanol–water partition coefficient (Wildman–Crippen LogP) is 0.336. The molecule has 0 saturated heterocycles. The summed E-state index contributed by atoms with van der Waals surface area (Å²) in [7, 11) is -2.43. The van der Waals surface area contributed by atoms with E-state index >= 15 is 0 Å². The summed E-state index contributed by atoms with van der Waals surface area (Å²) in [4.78, 5) is 10.9. The summed E-state index contributed by atoms with van der Waals surface area (Å²) in [6.07, 6.45) is 1.14. The largest absolute Gasteiger partial charge is 0.469 e. The third kappa shape index (κ3) is 4.68. The Morgan fingerprint density at radius 2 is 2.05 bits per heavy atom. The second kappa shape index (κ2) is 6.86. The van der Waals surface area contributed by atoms with Gasteiger partial charge < -0.3 is 9.94 Å². The van der Waals surface area contributed by atoms with E-state index in [0.717, 1.165) is 0 Å². The zero-order chi connectivity index (χ0) is 14.3. The lowest BCUT2D eigenvalue weighted by Crippen LogP contribution is -2.26. The molecule has 0 fully saturated rings. The van der Waals surface area contributed by atoms with Crippen LogP contribution in [0.3, 0.4) is 0 Å². The maximum absolute atomic E-state index is 11.8. The van der Waals surface area contributed by atoms with Crippen molar-refractivity contribution in [2.24, 2.45) is 5.16 Å². The van der Waals surface area contributed by atoms with Crippen LogP contribution >= 0.6 is 0 Å². The van der Waals surface area contributed by atoms with Gasteiger partial charge in [-0.25, -0.2) is 13.1 Å². The molecule has 0 bridgehead atoms. The third-order valence-electron chi connectivity index (χ3n) is 2.25. The Morgan fingerprint density at radius 3 is 2.58 bits per heavy atom. The number of nitrogens with one attached hydrogen (secondary N) is 1. The van der Waals surface area contributed by atoms with Crippen LogP contribution in [0.4, 0.5) is 0 Å². The minimum absolute atomic E-state index is 0.0329. The first kappa shape index (κ1) is 15.1. The topological polar surface area (TPSA) is 105 Å². The van der Waals surface area contributed by atoms with Crippen LogP contribution in [0.15, 0.2) is 34.3 Å². The van der Waals surface area contributed by atoms with E-state index in [9.17, 15) is 13.2 Å². The standard InChI is InChI=1S/C11H14N2O5S/c1-18-11(14)6-7-13-19(16,17)10-4-2-9(3-5-10)8-12-15/h2-5,8,13,15H,6-7H2,1H3/b12-8-. The first-order valence-electron chi connectivity index (χ1n) is 5.33. The van der Waals surface area contributed by atoms with E-state index in [2.05, 4.69) is 14.6 Å². The molecule has 0 saturated carbocycles. The quantitative estimate of drug-likeness (QED) is 0.339. The average molecular weight is 286 g/mol. The van der Waals surface area contributed by atoms with Gasteiger partial charge in [-0.1, -0.05) is 17.3 Å². The molecule has 2 N–H and O–H groups in total. The van der Waals surface area contributed by atoms with Crippen LogP contribution in [0, 0.1) is 0 Å². The molecular weight excluding hydrogens is 272 g/mol. The van der Waals surface area contributed by atoms with Crippen molar-refractivity contribution in [3.8, 4) is 0 Å². The smallest absolute Gasteiger partial charge is 0.306 e. The van der Waals surface area contributed by atoms with Crippen molar-refractivity contribution >= 4 is 22.2 Å². The maximum Gasteiger partial charge on any atom is 0.306 e. The van der Waals surface area contributed by atoms with E-state index in [4.69, 9.17) is 5.21 Å². The lowest BCUT2D eigenvalue weighted by Gasteiger charge is -2.06. The van der Waals surface area contributed by atoms with Gasteiger partial charge in [-0.2, -0.15) is 0 Å². The molecule has 8 heteroatoms. The number of hydrogen-bond donors (Lipinski definition) is 2. The van der Waals surface area contributed by atoms with Crippen molar-refractivity contribution < 1.29 is 23.2 Å². The number of esters is 1. The molecule has 19 heavy (non-hydrogen) atoms. The van der Waals surface area contributed by atoms with E-state index < -0.39 is 16.0 Å². The predicted molar refractivity (Wildman–Crippen MR) is 67.6 cm³/mol. The van der Waals surface area contributed by atoms with Crippen molar-refractivity contribution in [2.45, 2.75) is 11.3 Å². The maximum atomic E-state index is 11.8. The molecule has 104 valence electrons. The van der Waals surface area contributed by atoms with Crippen molar-refractivity contribution in [1.82, 2.24) is 4.72 Å². The third-order valence-corrected chi connectivity index (χ3v) is 3.72. The van der Waals surface area contributed by atoms with Crippen LogP contribution in [0.2, 0.25) is 0 Å². The van der Waals surface area contributed by atoms with E-state index in [1.807, 2.05) is 0 Å². The number of nitrogens with zero attached hydrogens (tertiary/aromatic N) is 1. The summed E-state index contributed by atoms with van der Waals surface area (Å²) in [6, 6.07) is 5.73. The van der Waals surface area contributed by atoms with E-state index in [1.165, 1.54) is 37.6 Å². The van der Waals surface area contributed by atoms with Gasteiger partial charge in [-0.3, -0.25) is 4.79 Å². The molecular formula is C11H14N2O5S. The minimum atomic E-state index is -3.66. The molecule has 0 aliphatic rings. The van der Waals surface area contributed by atoms with Gasteiger partial charge in [0.25, 0.3) is 0 Å². The number of benzene rings is 1. The van der Waals surface area contributed by atoms with E-state index in [1.54, 1.807) is 0 Å². The molecule has 0 amide bonds. The van der Waals surface area contributed by atoms with Crippen molar-refractivity contribution in [3.63, 3.8) is 0 Å². The van der Waals surface area contributed by atoms with Gasteiger partial charge in [0.15, 0.2) is 0 Å². The number of carbonyl (C=O) groups is 1. The Labute approximate surface area is 110 Å². The fourth-order valence-electron chi connectivity index (χ4n) is 1.27. The number of hydrogen-bond acceptors (Lipinski definition) is 6.